The van der Waals surface area contributed by atoms with E-state index in [4.69, 9.17) is 4.74 Å². The summed E-state index contributed by atoms with van der Waals surface area (Å²) in [6.07, 6.45) is -3.19. The first-order valence-electron chi connectivity index (χ1n) is 10.9. The van der Waals surface area contributed by atoms with Crippen LogP contribution in [0.25, 0.3) is 0 Å². The first kappa shape index (κ1) is 22.1. The van der Waals surface area contributed by atoms with Gasteiger partial charge in [-0.15, -0.1) is 10.2 Å². The molecule has 0 aliphatic carbocycles. The van der Waals surface area contributed by atoms with Gasteiger partial charge in [-0.05, 0) is 25.0 Å². The number of ether oxygens (including phenoxy) is 1. The van der Waals surface area contributed by atoms with E-state index in [1.807, 2.05) is 17.0 Å². The fourth-order valence-electron chi connectivity index (χ4n) is 4.36. The van der Waals surface area contributed by atoms with Crippen molar-refractivity contribution in [3.63, 3.8) is 0 Å². The average molecular weight is 442 g/mol. The van der Waals surface area contributed by atoms with Crippen LogP contribution in [0.4, 0.5) is 24.8 Å². The van der Waals surface area contributed by atoms with E-state index >= 15 is 0 Å². The number of halogens is 3. The van der Waals surface area contributed by atoms with Crippen LogP contribution in [0.3, 0.4) is 0 Å². The van der Waals surface area contributed by atoms with Crippen LogP contribution < -0.4 is 9.80 Å². The summed E-state index contributed by atoms with van der Waals surface area (Å²) in [4.78, 5) is 19.6. The molecular weight excluding hydrogens is 413 g/mol. The second-order valence-corrected chi connectivity index (χ2v) is 8.33. The van der Waals surface area contributed by atoms with Gasteiger partial charge in [-0.25, -0.2) is 0 Å². The minimum atomic E-state index is -4.47. The molecule has 3 saturated heterocycles. The Morgan fingerprint density at radius 2 is 1.55 bits per heavy atom. The van der Waals surface area contributed by atoms with E-state index in [1.54, 1.807) is 0 Å². The lowest BCUT2D eigenvalue weighted by molar-refractivity contribution is -0.161. The number of alkyl halides is 3. The smallest absolute Gasteiger partial charge is 0.377 e. The van der Waals surface area contributed by atoms with Gasteiger partial charge >= 0.3 is 6.18 Å². The summed E-state index contributed by atoms with van der Waals surface area (Å²) in [6.45, 7) is 6.99. The highest BCUT2D eigenvalue weighted by molar-refractivity contribution is 5.77. The van der Waals surface area contributed by atoms with Crippen LogP contribution >= 0.6 is 0 Å². The van der Waals surface area contributed by atoms with Crippen LogP contribution in [0.15, 0.2) is 12.1 Å². The van der Waals surface area contributed by atoms with E-state index in [9.17, 15) is 18.0 Å². The van der Waals surface area contributed by atoms with Crippen LogP contribution in [0.2, 0.25) is 0 Å². The van der Waals surface area contributed by atoms with Crippen LogP contribution in [0.5, 0.6) is 0 Å². The molecule has 0 radical (unpaired) electrons. The molecule has 4 rings (SSSR count). The molecule has 1 atom stereocenters. The van der Waals surface area contributed by atoms with Crippen LogP contribution in [-0.2, 0) is 9.53 Å². The highest BCUT2D eigenvalue weighted by Gasteiger charge is 2.34. The van der Waals surface area contributed by atoms with Gasteiger partial charge in [-0.1, -0.05) is 0 Å². The molecule has 31 heavy (non-hydrogen) atoms. The van der Waals surface area contributed by atoms with Gasteiger partial charge in [0.05, 0.1) is 6.10 Å². The quantitative estimate of drug-likeness (QED) is 0.683. The molecule has 1 amide bonds. The molecule has 3 aliphatic rings. The van der Waals surface area contributed by atoms with Crippen LogP contribution in [0.1, 0.15) is 19.3 Å². The van der Waals surface area contributed by atoms with Crippen molar-refractivity contribution in [3.05, 3.63) is 12.1 Å². The molecule has 0 N–H and O–H groups in total. The molecule has 1 aromatic rings. The summed E-state index contributed by atoms with van der Waals surface area (Å²) in [5.41, 5.74) is 0. The molecule has 8 nitrogen and oxygen atoms in total. The molecule has 1 unspecified atom stereocenters. The summed E-state index contributed by atoms with van der Waals surface area (Å²) < 4.78 is 43.0. The van der Waals surface area contributed by atoms with Gasteiger partial charge < -0.3 is 19.4 Å². The topological polar surface area (TPSA) is 65.0 Å². The zero-order valence-corrected chi connectivity index (χ0v) is 17.6. The van der Waals surface area contributed by atoms with Gasteiger partial charge in [-0.2, -0.15) is 13.2 Å². The molecule has 0 aromatic carbocycles. The van der Waals surface area contributed by atoms with Crippen molar-refractivity contribution in [2.45, 2.75) is 31.5 Å². The number of aromatic nitrogens is 2. The first-order valence-corrected chi connectivity index (χ1v) is 10.9. The second-order valence-electron chi connectivity index (χ2n) is 8.33. The summed E-state index contributed by atoms with van der Waals surface area (Å²) in [6, 6.07) is 3.84. The van der Waals surface area contributed by atoms with Crippen molar-refractivity contribution in [1.29, 1.82) is 0 Å². The SMILES string of the molecule is O=C(CC(F)(F)F)N1CCN(c2ccc(N3CCN(CC4CCCO4)CC3)nn2)CC1. The van der Waals surface area contributed by atoms with Gasteiger partial charge in [-0.3, -0.25) is 9.69 Å². The minimum absolute atomic E-state index is 0.255. The monoisotopic (exact) mass is 442 g/mol. The zero-order valence-electron chi connectivity index (χ0n) is 17.6. The van der Waals surface area contributed by atoms with Crippen molar-refractivity contribution >= 4 is 17.5 Å². The maximum absolute atomic E-state index is 12.4. The number of carbonyl (C=O) groups is 1. The first-order chi connectivity index (χ1) is 14.9. The Balaban J connectivity index is 1.23. The number of anilines is 2. The van der Waals surface area contributed by atoms with E-state index in [2.05, 4.69) is 20.0 Å². The zero-order chi connectivity index (χ0) is 21.8. The van der Waals surface area contributed by atoms with Gasteiger partial charge in [0.25, 0.3) is 0 Å². The predicted octanol–water partition coefficient (Wildman–Crippen LogP) is 1.38. The standard InChI is InChI=1S/C20H29F3N6O2/c21-20(22,23)14-19(30)29-11-9-28(10-12-29)18-4-3-17(24-25-18)27-7-5-26(6-8-27)15-16-2-1-13-31-16/h3-4,16H,1-2,5-15H2. The number of hydrogen-bond donors (Lipinski definition) is 0. The number of piperazine rings is 2. The van der Waals surface area contributed by atoms with E-state index in [1.165, 1.54) is 4.90 Å². The Morgan fingerprint density at radius 1 is 0.968 bits per heavy atom. The maximum Gasteiger partial charge on any atom is 0.397 e. The van der Waals surface area contributed by atoms with E-state index in [0.29, 0.717) is 25.0 Å². The lowest BCUT2D eigenvalue weighted by Crippen LogP contribution is -2.50. The fourth-order valence-corrected chi connectivity index (χ4v) is 4.36. The number of carbonyl (C=O) groups excluding carboxylic acids is 1. The van der Waals surface area contributed by atoms with Crippen molar-refractivity contribution < 1.29 is 22.7 Å². The van der Waals surface area contributed by atoms with Crippen molar-refractivity contribution in [3.8, 4) is 0 Å². The number of rotatable bonds is 5. The molecule has 0 spiro atoms. The Hall–Kier alpha value is -2.14. The van der Waals surface area contributed by atoms with E-state index in [-0.39, 0.29) is 13.1 Å². The third-order valence-corrected chi connectivity index (χ3v) is 6.13. The lowest BCUT2D eigenvalue weighted by Gasteiger charge is -2.37. The summed E-state index contributed by atoms with van der Waals surface area (Å²) >= 11 is 0. The molecule has 0 saturated carbocycles. The molecule has 3 fully saturated rings. The number of nitrogens with zero attached hydrogens (tertiary/aromatic N) is 6. The van der Waals surface area contributed by atoms with Gasteiger partial charge in [0, 0.05) is 65.5 Å². The fraction of sp³-hybridized carbons (Fsp3) is 0.750. The normalized spacial score (nSPS) is 23.5. The molecule has 4 heterocycles. The number of amides is 1. The Morgan fingerprint density at radius 3 is 2.03 bits per heavy atom. The van der Waals surface area contributed by atoms with E-state index in [0.717, 1.165) is 58.0 Å². The number of hydrogen-bond acceptors (Lipinski definition) is 7. The molecular formula is C20H29F3N6O2. The van der Waals surface area contributed by atoms with Gasteiger partial charge in [0.2, 0.25) is 5.91 Å². The average Bonchev–Trinajstić information content (AvgIpc) is 3.26. The largest absolute Gasteiger partial charge is 0.397 e. The maximum atomic E-state index is 12.4. The van der Waals surface area contributed by atoms with Gasteiger partial charge in [0.1, 0.15) is 6.42 Å². The second kappa shape index (κ2) is 9.56. The minimum Gasteiger partial charge on any atom is -0.377 e. The van der Waals surface area contributed by atoms with Crippen molar-refractivity contribution in [1.82, 2.24) is 20.0 Å². The van der Waals surface area contributed by atoms with E-state index < -0.39 is 18.5 Å². The highest BCUT2D eigenvalue weighted by Crippen LogP contribution is 2.22. The Kier molecular flexibility index (Phi) is 6.80. The molecule has 1 aromatic heterocycles. The molecule has 3 aliphatic heterocycles. The highest BCUT2D eigenvalue weighted by atomic mass is 19.4. The Labute approximate surface area is 179 Å². The third-order valence-electron chi connectivity index (χ3n) is 6.13. The molecule has 172 valence electrons. The van der Waals surface area contributed by atoms with Crippen LogP contribution in [0, 0.1) is 0 Å². The van der Waals surface area contributed by atoms with Crippen LogP contribution in [-0.4, -0.2) is 104 Å². The Bertz CT molecular complexity index is 725. The molecule has 0 bridgehead atoms. The third kappa shape index (κ3) is 5.97. The van der Waals surface area contributed by atoms with Crippen molar-refractivity contribution in [2.24, 2.45) is 0 Å². The lowest BCUT2D eigenvalue weighted by atomic mass is 10.2. The predicted molar refractivity (Wildman–Crippen MR) is 109 cm³/mol. The summed E-state index contributed by atoms with van der Waals surface area (Å²) in [7, 11) is 0. The molecule has 11 heteroatoms. The summed E-state index contributed by atoms with van der Waals surface area (Å²) in [5, 5.41) is 8.70. The van der Waals surface area contributed by atoms with Gasteiger partial charge in [0.15, 0.2) is 11.6 Å². The van der Waals surface area contributed by atoms with Crippen molar-refractivity contribution in [2.75, 3.05) is 75.3 Å². The summed E-state index contributed by atoms with van der Waals surface area (Å²) in [5.74, 6) is 0.649.